The van der Waals surface area contributed by atoms with Crippen molar-refractivity contribution >= 4 is 23.5 Å². The van der Waals surface area contributed by atoms with Crippen LogP contribution in [0.15, 0.2) is 54.7 Å². The van der Waals surface area contributed by atoms with E-state index in [1.165, 1.54) is 0 Å². The van der Waals surface area contributed by atoms with Crippen LogP contribution in [0.2, 0.25) is 0 Å². The van der Waals surface area contributed by atoms with Gasteiger partial charge in [-0.05, 0) is 49.1 Å². The zero-order valence-electron chi connectivity index (χ0n) is 17.8. The fraction of sp³-hybridized carbons (Fsp3) is 0.292. The first-order valence-electron chi connectivity index (χ1n) is 10.3. The molecule has 0 aromatic heterocycles. The van der Waals surface area contributed by atoms with Gasteiger partial charge in [-0.15, -0.1) is 0 Å². The fourth-order valence-corrected chi connectivity index (χ4v) is 4.06. The van der Waals surface area contributed by atoms with E-state index < -0.39 is 6.04 Å². The number of carbonyl (C=O) groups excluding carboxylic acids is 3. The molecule has 4 rings (SSSR count). The first kappa shape index (κ1) is 20.7. The van der Waals surface area contributed by atoms with Crippen LogP contribution in [0.5, 0.6) is 0 Å². The molecule has 4 amide bonds. The Labute approximate surface area is 181 Å². The van der Waals surface area contributed by atoms with Crippen molar-refractivity contribution in [1.29, 1.82) is 0 Å². The smallest absolute Gasteiger partial charge is 0.321 e. The molecule has 0 spiro atoms. The van der Waals surface area contributed by atoms with Gasteiger partial charge in [0.1, 0.15) is 6.04 Å². The third kappa shape index (κ3) is 4.17. The van der Waals surface area contributed by atoms with Crippen LogP contribution in [0.3, 0.4) is 0 Å². The van der Waals surface area contributed by atoms with Crippen molar-refractivity contribution in [3.05, 3.63) is 77.0 Å². The quantitative estimate of drug-likeness (QED) is 0.798. The fourth-order valence-electron chi connectivity index (χ4n) is 4.06. The summed E-state index contributed by atoms with van der Waals surface area (Å²) in [6.45, 7) is 6.51. The molecule has 2 heterocycles. The Hall–Kier alpha value is -3.61. The van der Waals surface area contributed by atoms with Crippen molar-refractivity contribution in [1.82, 2.24) is 15.1 Å². The minimum absolute atomic E-state index is 0.142. The third-order valence-electron chi connectivity index (χ3n) is 5.85. The van der Waals surface area contributed by atoms with Crippen LogP contribution >= 0.6 is 0 Å². The summed E-state index contributed by atoms with van der Waals surface area (Å²) in [6.07, 6.45) is 1.23. The number of nitrogens with zero attached hydrogens (tertiary/aromatic N) is 2. The first-order valence-corrected chi connectivity index (χ1v) is 10.3. The van der Waals surface area contributed by atoms with Gasteiger partial charge in [-0.3, -0.25) is 9.59 Å². The number of carbonyl (C=O) groups is 3. The number of urea groups is 1. The number of aryl methyl sites for hydroxylation is 1. The summed E-state index contributed by atoms with van der Waals surface area (Å²) in [4.78, 5) is 41.2. The van der Waals surface area contributed by atoms with Crippen LogP contribution in [-0.2, 0) is 17.9 Å². The average Bonchev–Trinajstić information content (AvgIpc) is 3.07. The van der Waals surface area contributed by atoms with Crippen LogP contribution in [0, 0.1) is 6.92 Å². The van der Waals surface area contributed by atoms with E-state index in [0.717, 1.165) is 22.4 Å². The van der Waals surface area contributed by atoms with Crippen molar-refractivity contribution in [2.45, 2.75) is 38.9 Å². The van der Waals surface area contributed by atoms with Crippen molar-refractivity contribution in [3.8, 4) is 0 Å². The molecule has 2 N–H and O–H groups in total. The van der Waals surface area contributed by atoms with E-state index in [9.17, 15) is 14.4 Å². The Bertz CT molecular complexity index is 1060. The molecule has 2 aromatic rings. The van der Waals surface area contributed by atoms with Gasteiger partial charge in [0, 0.05) is 37.1 Å². The monoisotopic (exact) mass is 418 g/mol. The molecule has 0 saturated carbocycles. The first-order chi connectivity index (χ1) is 14.8. The standard InChI is InChI=1S/C24H26N4O3/c1-15-7-10-18(11-8-15)26-24(31)27(3)13-17-5-4-6-19-20(17)14-28(23(19)30)21-12-9-16(2)25-22(21)29/h4-8,10-11,21H,2,9,12-14H2,1,3H3,(H,25,29)(H,26,31). The van der Waals surface area contributed by atoms with E-state index in [0.29, 0.717) is 37.2 Å². The zero-order valence-corrected chi connectivity index (χ0v) is 17.8. The Kier molecular flexibility index (Phi) is 5.50. The molecule has 0 bridgehead atoms. The second kappa shape index (κ2) is 8.26. The van der Waals surface area contributed by atoms with E-state index in [-0.39, 0.29) is 17.8 Å². The molecule has 1 fully saturated rings. The number of anilines is 1. The van der Waals surface area contributed by atoms with Gasteiger partial charge in [-0.1, -0.05) is 36.4 Å². The molecule has 2 aliphatic heterocycles. The van der Waals surface area contributed by atoms with Gasteiger partial charge < -0.3 is 20.4 Å². The Morgan fingerprint density at radius 3 is 2.68 bits per heavy atom. The number of rotatable bonds is 4. The molecule has 31 heavy (non-hydrogen) atoms. The molecule has 2 aliphatic rings. The van der Waals surface area contributed by atoms with Gasteiger partial charge in [0.15, 0.2) is 0 Å². The third-order valence-corrected chi connectivity index (χ3v) is 5.85. The highest BCUT2D eigenvalue weighted by molar-refractivity contribution is 6.01. The van der Waals surface area contributed by atoms with Gasteiger partial charge >= 0.3 is 6.03 Å². The molecular formula is C24H26N4O3. The summed E-state index contributed by atoms with van der Waals surface area (Å²) >= 11 is 0. The summed E-state index contributed by atoms with van der Waals surface area (Å²) in [5.41, 5.74) is 4.91. The molecule has 1 atom stereocenters. The maximum absolute atomic E-state index is 13.0. The Morgan fingerprint density at radius 1 is 1.23 bits per heavy atom. The normalized spacial score (nSPS) is 17.9. The summed E-state index contributed by atoms with van der Waals surface area (Å²) < 4.78 is 0. The second-order valence-electron chi connectivity index (χ2n) is 8.18. The average molecular weight is 418 g/mol. The van der Waals surface area contributed by atoms with E-state index in [4.69, 9.17) is 0 Å². The van der Waals surface area contributed by atoms with Crippen molar-refractivity contribution in [3.63, 3.8) is 0 Å². The van der Waals surface area contributed by atoms with Crippen LogP contribution in [-0.4, -0.2) is 40.7 Å². The van der Waals surface area contributed by atoms with E-state index >= 15 is 0 Å². The number of hydrogen-bond acceptors (Lipinski definition) is 3. The lowest BCUT2D eigenvalue weighted by atomic mass is 10.0. The van der Waals surface area contributed by atoms with E-state index in [1.54, 1.807) is 22.9 Å². The van der Waals surface area contributed by atoms with Crippen LogP contribution < -0.4 is 10.6 Å². The molecule has 2 aromatic carbocycles. The lowest BCUT2D eigenvalue weighted by Crippen LogP contribution is -2.49. The lowest BCUT2D eigenvalue weighted by Gasteiger charge is -2.31. The highest BCUT2D eigenvalue weighted by Crippen LogP contribution is 2.31. The van der Waals surface area contributed by atoms with Crippen LogP contribution in [0.1, 0.15) is 39.9 Å². The number of benzene rings is 2. The number of piperidine rings is 1. The molecule has 1 unspecified atom stereocenters. The topological polar surface area (TPSA) is 81.8 Å². The summed E-state index contributed by atoms with van der Waals surface area (Å²) in [5, 5.41) is 5.64. The molecule has 0 aliphatic carbocycles. The van der Waals surface area contributed by atoms with Crippen LogP contribution in [0.4, 0.5) is 10.5 Å². The predicted molar refractivity (Wildman–Crippen MR) is 118 cm³/mol. The summed E-state index contributed by atoms with van der Waals surface area (Å²) in [5.74, 6) is -0.329. The van der Waals surface area contributed by atoms with Gasteiger partial charge in [0.25, 0.3) is 5.91 Å². The van der Waals surface area contributed by atoms with Gasteiger partial charge in [0.05, 0.1) is 0 Å². The van der Waals surface area contributed by atoms with Crippen molar-refractivity contribution in [2.24, 2.45) is 0 Å². The number of allylic oxidation sites excluding steroid dienone is 1. The molecular weight excluding hydrogens is 392 g/mol. The molecule has 0 radical (unpaired) electrons. The predicted octanol–water partition coefficient (Wildman–Crippen LogP) is 3.41. The molecule has 7 nitrogen and oxygen atoms in total. The maximum Gasteiger partial charge on any atom is 0.321 e. The summed E-state index contributed by atoms with van der Waals surface area (Å²) in [7, 11) is 1.72. The minimum atomic E-state index is -0.499. The van der Waals surface area contributed by atoms with E-state index in [2.05, 4.69) is 17.2 Å². The largest absolute Gasteiger partial charge is 0.329 e. The number of fused-ring (bicyclic) bond motifs is 1. The zero-order chi connectivity index (χ0) is 22.1. The van der Waals surface area contributed by atoms with Gasteiger partial charge in [-0.2, -0.15) is 0 Å². The second-order valence-corrected chi connectivity index (χ2v) is 8.18. The van der Waals surface area contributed by atoms with Crippen molar-refractivity contribution < 1.29 is 14.4 Å². The SMILES string of the molecule is C=C1CCC(N2Cc3c(CN(C)C(=O)Nc4ccc(C)cc4)cccc3C2=O)C(=O)N1. The Balaban J connectivity index is 1.48. The molecule has 160 valence electrons. The highest BCUT2D eigenvalue weighted by Gasteiger charge is 2.38. The number of hydrogen-bond donors (Lipinski definition) is 2. The summed E-state index contributed by atoms with van der Waals surface area (Å²) in [6, 6.07) is 12.4. The minimum Gasteiger partial charge on any atom is -0.329 e. The highest BCUT2D eigenvalue weighted by atomic mass is 16.2. The van der Waals surface area contributed by atoms with E-state index in [1.807, 2.05) is 43.3 Å². The number of amides is 4. The van der Waals surface area contributed by atoms with Gasteiger partial charge in [-0.25, -0.2) is 4.79 Å². The van der Waals surface area contributed by atoms with Gasteiger partial charge in [0.2, 0.25) is 5.91 Å². The van der Waals surface area contributed by atoms with Crippen molar-refractivity contribution in [2.75, 3.05) is 12.4 Å². The number of nitrogens with one attached hydrogen (secondary N) is 2. The van der Waals surface area contributed by atoms with Crippen LogP contribution in [0.25, 0.3) is 0 Å². The maximum atomic E-state index is 13.0. The lowest BCUT2D eigenvalue weighted by molar-refractivity contribution is -0.126. The Morgan fingerprint density at radius 2 is 1.97 bits per heavy atom. The molecule has 1 saturated heterocycles. The molecule has 7 heteroatoms.